The minimum atomic E-state index is -0.607. The maximum absolute atomic E-state index is 10.8. The van der Waals surface area contributed by atoms with Crippen LogP contribution in [-0.2, 0) is 9.59 Å². The molecule has 0 heterocycles. The summed E-state index contributed by atoms with van der Waals surface area (Å²) in [7, 11) is 0. The average Bonchev–Trinajstić information content (AvgIpc) is 2.58. The Morgan fingerprint density at radius 2 is 1.33 bits per heavy atom. The van der Waals surface area contributed by atoms with Gasteiger partial charge in [0.1, 0.15) is 0 Å². The summed E-state index contributed by atoms with van der Waals surface area (Å²) in [4.78, 5) is 23.6. The van der Waals surface area contributed by atoms with Crippen molar-refractivity contribution >= 4 is 12.0 Å². The van der Waals surface area contributed by atoms with Crippen LogP contribution in [0.5, 0.6) is 0 Å². The van der Waals surface area contributed by atoms with E-state index in [0.29, 0.717) is 0 Å². The van der Waals surface area contributed by atoms with Gasteiger partial charge in [0.2, 0.25) is 6.08 Å². The number of aliphatic imine (C=N–C) groups is 1. The Balaban J connectivity index is 3.62. The highest BCUT2D eigenvalue weighted by molar-refractivity contribution is 5.91. The predicted octanol–water partition coefficient (Wildman–Crippen LogP) is 5.77. The van der Waals surface area contributed by atoms with Crippen LogP contribution in [0.4, 0.5) is 0 Å². The Bertz CT molecular complexity index is 504. The largest absolute Gasteiger partial charge is 0.280 e. The van der Waals surface area contributed by atoms with Gasteiger partial charge in [0.05, 0.1) is 0 Å². The zero-order valence-electron chi connectivity index (χ0n) is 14.7. The van der Waals surface area contributed by atoms with E-state index >= 15 is 0 Å². The molecular weight excluding hydrogens is 298 g/mol. The van der Waals surface area contributed by atoms with Crippen molar-refractivity contribution in [3.8, 4) is 0 Å². The van der Waals surface area contributed by atoms with E-state index < -0.39 is 5.91 Å². The number of carbonyl (C=O) groups excluding carboxylic acids is 2. The minimum absolute atomic E-state index is 0.607. The molecule has 0 fully saturated rings. The molecule has 3 nitrogen and oxygen atoms in total. The molecule has 0 aliphatic rings. The van der Waals surface area contributed by atoms with E-state index in [1.807, 2.05) is 24.3 Å². The second-order valence-electron chi connectivity index (χ2n) is 5.39. The quantitative estimate of drug-likeness (QED) is 0.142. The van der Waals surface area contributed by atoms with Crippen LogP contribution in [0.1, 0.15) is 58.3 Å². The first-order chi connectivity index (χ1) is 11.8. The number of rotatable bonds is 13. The molecule has 0 saturated carbocycles. The summed E-state index contributed by atoms with van der Waals surface area (Å²) in [5.41, 5.74) is 0. The van der Waals surface area contributed by atoms with Gasteiger partial charge in [0.25, 0.3) is 5.91 Å². The Labute approximate surface area is 146 Å². The molecule has 0 rings (SSSR count). The first-order valence-corrected chi connectivity index (χ1v) is 8.76. The zero-order chi connectivity index (χ0) is 17.7. The molecule has 0 aromatic rings. The van der Waals surface area contributed by atoms with Crippen molar-refractivity contribution in [1.82, 2.24) is 0 Å². The number of amides is 1. The molecule has 0 unspecified atom stereocenters. The number of carbonyl (C=O) groups is 1. The van der Waals surface area contributed by atoms with Crippen LogP contribution >= 0.6 is 0 Å². The molecule has 0 aliphatic carbocycles. The molecule has 0 aromatic carbocycles. The highest BCUT2D eigenvalue weighted by atomic mass is 16.2. The summed E-state index contributed by atoms with van der Waals surface area (Å²) >= 11 is 0. The van der Waals surface area contributed by atoms with Gasteiger partial charge in [-0.05, 0) is 12.8 Å². The van der Waals surface area contributed by atoms with Crippen LogP contribution in [-0.4, -0.2) is 12.0 Å². The van der Waals surface area contributed by atoms with Gasteiger partial charge in [-0.3, -0.25) is 4.79 Å². The summed E-state index contributed by atoms with van der Waals surface area (Å²) in [6.07, 6.45) is 30.0. The van der Waals surface area contributed by atoms with Gasteiger partial charge in [-0.2, -0.15) is 0 Å². The average molecular weight is 327 g/mol. The van der Waals surface area contributed by atoms with Gasteiger partial charge >= 0.3 is 0 Å². The second-order valence-corrected chi connectivity index (χ2v) is 5.39. The molecule has 1 amide bonds. The Morgan fingerprint density at radius 1 is 0.792 bits per heavy atom. The summed E-state index contributed by atoms with van der Waals surface area (Å²) in [6, 6.07) is 0. The van der Waals surface area contributed by atoms with Gasteiger partial charge in [0.15, 0.2) is 0 Å². The summed E-state index contributed by atoms with van der Waals surface area (Å²) in [5, 5.41) is 0. The first-order valence-electron chi connectivity index (χ1n) is 8.76. The lowest BCUT2D eigenvalue weighted by Gasteiger charge is -1.98. The Hall–Kier alpha value is -2.25. The standard InChI is InChI=1S/C21H29NO2/c1-2-3-4-5-6-7-8-9-10-11-12-13-14-15-16-17-18-19-21(24)22-20-23/h10-19H,2-9H2,1H3. The molecule has 0 aliphatic heterocycles. The lowest BCUT2D eigenvalue weighted by Crippen LogP contribution is -1.82. The number of unbranched alkanes of at least 4 members (excludes halogenated alkanes) is 7. The maximum Gasteiger partial charge on any atom is 0.280 e. The normalized spacial score (nSPS) is 12.2. The number of hydrogen-bond donors (Lipinski definition) is 0. The fourth-order valence-corrected chi connectivity index (χ4v) is 2.00. The second kappa shape index (κ2) is 18.8. The lowest BCUT2D eigenvalue weighted by molar-refractivity contribution is -0.113. The number of isocyanates is 1. The third kappa shape index (κ3) is 17.8. The van der Waals surface area contributed by atoms with E-state index in [0.717, 1.165) is 6.42 Å². The molecular formula is C21H29NO2. The topological polar surface area (TPSA) is 46.5 Å². The lowest BCUT2D eigenvalue weighted by atomic mass is 10.1. The molecule has 0 N–H and O–H groups in total. The summed E-state index contributed by atoms with van der Waals surface area (Å²) in [6.45, 7) is 2.25. The molecule has 24 heavy (non-hydrogen) atoms. The smallest absolute Gasteiger partial charge is 0.267 e. The van der Waals surface area contributed by atoms with Crippen LogP contribution in [0.25, 0.3) is 0 Å². The number of hydrogen-bond acceptors (Lipinski definition) is 2. The predicted molar refractivity (Wildman–Crippen MR) is 101 cm³/mol. The molecule has 0 radical (unpaired) electrons. The van der Waals surface area contributed by atoms with Crippen molar-refractivity contribution in [3.63, 3.8) is 0 Å². The minimum Gasteiger partial charge on any atom is -0.267 e. The Morgan fingerprint density at radius 3 is 1.96 bits per heavy atom. The van der Waals surface area contributed by atoms with E-state index in [2.05, 4.69) is 24.1 Å². The van der Waals surface area contributed by atoms with Crippen molar-refractivity contribution < 1.29 is 9.59 Å². The van der Waals surface area contributed by atoms with Gasteiger partial charge in [-0.15, -0.1) is 4.99 Å². The van der Waals surface area contributed by atoms with Crippen LogP contribution in [0.3, 0.4) is 0 Å². The van der Waals surface area contributed by atoms with Crippen molar-refractivity contribution in [3.05, 3.63) is 60.8 Å². The molecule has 130 valence electrons. The van der Waals surface area contributed by atoms with E-state index in [9.17, 15) is 9.59 Å². The van der Waals surface area contributed by atoms with Gasteiger partial charge in [-0.1, -0.05) is 100 Å². The zero-order valence-corrected chi connectivity index (χ0v) is 14.7. The molecule has 0 spiro atoms. The number of nitrogens with zero attached hydrogens (tertiary/aromatic N) is 1. The third-order valence-electron chi connectivity index (χ3n) is 3.28. The monoisotopic (exact) mass is 327 g/mol. The van der Waals surface area contributed by atoms with E-state index in [4.69, 9.17) is 0 Å². The van der Waals surface area contributed by atoms with Crippen LogP contribution < -0.4 is 0 Å². The van der Waals surface area contributed by atoms with Crippen molar-refractivity contribution in [2.75, 3.05) is 0 Å². The highest BCUT2D eigenvalue weighted by Gasteiger charge is 1.88. The summed E-state index contributed by atoms with van der Waals surface area (Å²) < 4.78 is 0. The number of allylic oxidation sites excluding steroid dienone is 9. The maximum atomic E-state index is 10.8. The molecule has 0 saturated heterocycles. The molecule has 0 atom stereocenters. The van der Waals surface area contributed by atoms with Crippen LogP contribution in [0.15, 0.2) is 65.8 Å². The van der Waals surface area contributed by atoms with E-state index in [-0.39, 0.29) is 0 Å². The third-order valence-corrected chi connectivity index (χ3v) is 3.28. The van der Waals surface area contributed by atoms with Gasteiger partial charge in [0, 0.05) is 6.08 Å². The van der Waals surface area contributed by atoms with E-state index in [1.165, 1.54) is 63.2 Å². The molecule has 0 aromatic heterocycles. The van der Waals surface area contributed by atoms with Crippen molar-refractivity contribution in [2.24, 2.45) is 4.99 Å². The van der Waals surface area contributed by atoms with Crippen molar-refractivity contribution in [2.45, 2.75) is 58.3 Å². The van der Waals surface area contributed by atoms with Crippen molar-refractivity contribution in [1.29, 1.82) is 0 Å². The molecule has 3 heteroatoms. The SMILES string of the molecule is CCCCCCCCCC=CC=CC=CC=CC=CC(=O)N=C=O. The molecule has 0 bridgehead atoms. The van der Waals surface area contributed by atoms with Crippen LogP contribution in [0, 0.1) is 0 Å². The van der Waals surface area contributed by atoms with Gasteiger partial charge < -0.3 is 0 Å². The fourth-order valence-electron chi connectivity index (χ4n) is 2.00. The Kier molecular flexibility index (Phi) is 17.0. The van der Waals surface area contributed by atoms with Crippen LogP contribution in [0.2, 0.25) is 0 Å². The summed E-state index contributed by atoms with van der Waals surface area (Å²) in [5.74, 6) is -0.607. The van der Waals surface area contributed by atoms with Gasteiger partial charge in [-0.25, -0.2) is 4.79 Å². The first kappa shape index (κ1) is 21.8. The highest BCUT2D eigenvalue weighted by Crippen LogP contribution is 2.08. The fraction of sp³-hybridized carbons (Fsp3) is 0.429. The van der Waals surface area contributed by atoms with E-state index in [1.54, 1.807) is 12.2 Å².